The lowest BCUT2D eigenvalue weighted by molar-refractivity contribution is 0.00953. The zero-order chi connectivity index (χ0) is 20.1. The molecule has 2 fully saturated rings. The zero-order valence-corrected chi connectivity index (χ0v) is 18.9. The van der Waals surface area contributed by atoms with Gasteiger partial charge in [-0.15, -0.1) is 0 Å². The summed E-state index contributed by atoms with van der Waals surface area (Å²) in [6.07, 6.45) is 12.5. The second-order valence-electron chi connectivity index (χ2n) is 11.3. The molecule has 0 unspecified atom stereocenters. The van der Waals surface area contributed by atoms with Gasteiger partial charge in [-0.1, -0.05) is 47.0 Å². The molecule has 0 radical (unpaired) electrons. The van der Waals surface area contributed by atoms with E-state index in [1.165, 1.54) is 68.9 Å². The number of phenolic OH excluding ortho intramolecular Hbond substituents is 1. The van der Waals surface area contributed by atoms with E-state index in [-0.39, 0.29) is 0 Å². The summed E-state index contributed by atoms with van der Waals surface area (Å²) < 4.78 is 0. The van der Waals surface area contributed by atoms with Crippen molar-refractivity contribution in [2.24, 2.45) is 35.0 Å². The second-order valence-corrected chi connectivity index (χ2v) is 11.3. The summed E-state index contributed by atoms with van der Waals surface area (Å²) in [5, 5.41) is 10.1. The molecule has 28 heavy (non-hydrogen) atoms. The zero-order valence-electron chi connectivity index (χ0n) is 18.9. The van der Waals surface area contributed by atoms with Crippen LogP contribution < -0.4 is 0 Å². The number of phenols is 1. The molecule has 1 N–H and O–H groups in total. The molecule has 0 aliphatic heterocycles. The number of hydrogen-bond acceptors (Lipinski definition) is 1. The predicted octanol–water partition coefficient (Wildman–Crippen LogP) is 7.64. The first-order valence-electron chi connectivity index (χ1n) is 12.1. The lowest BCUT2D eigenvalue weighted by atomic mass is 9.52. The van der Waals surface area contributed by atoms with Gasteiger partial charge >= 0.3 is 0 Å². The third-order valence-electron chi connectivity index (χ3n) is 9.21. The lowest BCUT2D eigenvalue weighted by Crippen LogP contribution is -2.43. The van der Waals surface area contributed by atoms with Crippen LogP contribution in [0.25, 0.3) is 0 Å². The van der Waals surface area contributed by atoms with Crippen molar-refractivity contribution in [3.05, 3.63) is 28.8 Å². The molecule has 1 heteroatoms. The monoisotopic (exact) mass is 382 g/mol. The van der Waals surface area contributed by atoms with Crippen LogP contribution in [0.3, 0.4) is 0 Å². The van der Waals surface area contributed by atoms with Crippen LogP contribution in [-0.4, -0.2) is 5.11 Å². The first kappa shape index (κ1) is 20.3. The molecule has 1 aromatic rings. The van der Waals surface area contributed by atoms with Gasteiger partial charge in [0.1, 0.15) is 5.75 Å². The summed E-state index contributed by atoms with van der Waals surface area (Å²) in [4.78, 5) is 0. The molecular weight excluding hydrogens is 340 g/mol. The van der Waals surface area contributed by atoms with Gasteiger partial charge in [-0.2, -0.15) is 0 Å². The normalized spacial score (nSPS) is 35.4. The van der Waals surface area contributed by atoms with Crippen molar-refractivity contribution in [2.75, 3.05) is 0 Å². The van der Waals surface area contributed by atoms with Crippen LogP contribution in [0.5, 0.6) is 5.75 Å². The van der Waals surface area contributed by atoms with Gasteiger partial charge in [0.15, 0.2) is 0 Å². The Labute approximate surface area is 173 Å². The highest BCUT2D eigenvalue weighted by Crippen LogP contribution is 2.64. The Bertz CT molecular complexity index is 704. The fraction of sp³-hybridized carbons (Fsp3) is 0.778. The van der Waals surface area contributed by atoms with E-state index in [4.69, 9.17) is 0 Å². The Kier molecular flexibility index (Phi) is 5.58. The smallest absolute Gasteiger partial charge is 0.116 e. The van der Waals surface area contributed by atoms with E-state index in [0.717, 1.165) is 35.5 Å². The Hall–Kier alpha value is -0.980. The van der Waals surface area contributed by atoms with E-state index in [1.54, 1.807) is 5.56 Å². The van der Waals surface area contributed by atoms with Crippen molar-refractivity contribution in [3.8, 4) is 5.75 Å². The Morgan fingerprint density at radius 2 is 1.86 bits per heavy atom. The van der Waals surface area contributed by atoms with E-state index >= 15 is 0 Å². The molecule has 2 saturated carbocycles. The third kappa shape index (κ3) is 3.41. The van der Waals surface area contributed by atoms with Crippen LogP contribution in [0.2, 0.25) is 0 Å². The molecule has 1 nitrogen and oxygen atoms in total. The molecule has 0 bridgehead atoms. The summed E-state index contributed by atoms with van der Waals surface area (Å²) in [6, 6.07) is 4.06. The summed E-state index contributed by atoms with van der Waals surface area (Å²) in [6.45, 7) is 12.2. The Morgan fingerprint density at radius 3 is 2.61 bits per heavy atom. The number of aromatic hydroxyl groups is 1. The van der Waals surface area contributed by atoms with Crippen molar-refractivity contribution in [2.45, 2.75) is 98.3 Å². The number of benzene rings is 1. The fourth-order valence-electron chi connectivity index (χ4n) is 7.98. The van der Waals surface area contributed by atoms with Crippen molar-refractivity contribution < 1.29 is 5.11 Å². The van der Waals surface area contributed by atoms with E-state index in [0.29, 0.717) is 11.2 Å². The summed E-state index contributed by atoms with van der Waals surface area (Å²) in [5.74, 6) is 5.68. The SMILES string of the molecule is Cc1cc(O)cc2c1[C@H]1CC[C@]3(C)[C@@H]([C@H](C)CCCC(C)C)CC[C@H]3[C@@H]1CC2. The fourth-order valence-corrected chi connectivity index (χ4v) is 7.98. The predicted molar refractivity (Wildman–Crippen MR) is 119 cm³/mol. The topological polar surface area (TPSA) is 20.2 Å². The standard InChI is InChI=1S/C27H42O/c1-17(2)7-6-8-18(3)24-11-12-25-22-10-9-20-16-21(28)15-19(4)26(20)23(22)13-14-27(24,25)5/h15-18,22-25,28H,6-14H2,1-5H3/t18-,22-,23+,24-,25+,27-/m1/s1. The van der Waals surface area contributed by atoms with Gasteiger partial charge < -0.3 is 5.11 Å². The highest BCUT2D eigenvalue weighted by molar-refractivity contribution is 5.45. The Morgan fingerprint density at radius 1 is 1.07 bits per heavy atom. The average molecular weight is 383 g/mol. The minimum absolute atomic E-state index is 0.464. The maximum absolute atomic E-state index is 10.1. The van der Waals surface area contributed by atoms with Crippen LogP contribution >= 0.6 is 0 Å². The van der Waals surface area contributed by atoms with Gasteiger partial charge in [-0.05, 0) is 115 Å². The third-order valence-corrected chi connectivity index (χ3v) is 9.21. The molecule has 3 aliphatic rings. The van der Waals surface area contributed by atoms with E-state index in [9.17, 15) is 5.11 Å². The maximum Gasteiger partial charge on any atom is 0.116 e. The molecule has 0 aromatic heterocycles. The van der Waals surface area contributed by atoms with Crippen LogP contribution in [0.15, 0.2) is 12.1 Å². The van der Waals surface area contributed by atoms with Crippen LogP contribution in [0.4, 0.5) is 0 Å². The van der Waals surface area contributed by atoms with Gasteiger partial charge in [-0.3, -0.25) is 0 Å². The van der Waals surface area contributed by atoms with Crippen LogP contribution in [0.1, 0.15) is 102 Å². The highest BCUT2D eigenvalue weighted by Gasteiger charge is 2.55. The number of hydrogen-bond donors (Lipinski definition) is 1. The molecule has 0 heterocycles. The minimum atomic E-state index is 0.464. The van der Waals surface area contributed by atoms with Gasteiger partial charge in [0.05, 0.1) is 0 Å². The van der Waals surface area contributed by atoms with Crippen molar-refractivity contribution in [1.82, 2.24) is 0 Å². The minimum Gasteiger partial charge on any atom is -0.508 e. The quantitative estimate of drug-likeness (QED) is 0.555. The summed E-state index contributed by atoms with van der Waals surface area (Å²) in [7, 11) is 0. The second kappa shape index (κ2) is 7.69. The lowest BCUT2D eigenvalue weighted by Gasteiger charge is -2.52. The van der Waals surface area contributed by atoms with Gasteiger partial charge in [0.25, 0.3) is 0 Å². The summed E-state index contributed by atoms with van der Waals surface area (Å²) in [5.41, 5.74) is 4.97. The van der Waals surface area contributed by atoms with Gasteiger partial charge in [-0.25, -0.2) is 0 Å². The summed E-state index contributed by atoms with van der Waals surface area (Å²) >= 11 is 0. The maximum atomic E-state index is 10.1. The number of fused-ring (bicyclic) bond motifs is 5. The van der Waals surface area contributed by atoms with Crippen LogP contribution in [0, 0.1) is 41.9 Å². The molecule has 0 amide bonds. The van der Waals surface area contributed by atoms with Crippen molar-refractivity contribution in [1.29, 1.82) is 0 Å². The molecule has 0 saturated heterocycles. The largest absolute Gasteiger partial charge is 0.508 e. The first-order chi connectivity index (χ1) is 13.3. The highest BCUT2D eigenvalue weighted by atomic mass is 16.3. The molecule has 4 rings (SSSR count). The Balaban J connectivity index is 1.52. The number of rotatable bonds is 5. The van der Waals surface area contributed by atoms with Gasteiger partial charge in [0, 0.05) is 0 Å². The van der Waals surface area contributed by atoms with E-state index in [1.807, 2.05) is 6.07 Å². The molecule has 3 aliphatic carbocycles. The van der Waals surface area contributed by atoms with Crippen molar-refractivity contribution >= 4 is 0 Å². The first-order valence-corrected chi connectivity index (χ1v) is 12.1. The molecule has 156 valence electrons. The van der Waals surface area contributed by atoms with Gasteiger partial charge in [0.2, 0.25) is 0 Å². The molecule has 0 spiro atoms. The average Bonchev–Trinajstić information content (AvgIpc) is 2.98. The van der Waals surface area contributed by atoms with Crippen LogP contribution in [-0.2, 0) is 6.42 Å². The van der Waals surface area contributed by atoms with E-state index < -0.39 is 0 Å². The molecule has 6 atom stereocenters. The van der Waals surface area contributed by atoms with Crippen molar-refractivity contribution in [3.63, 3.8) is 0 Å². The molecule has 1 aromatic carbocycles. The molecular formula is C27H42O. The van der Waals surface area contributed by atoms with E-state index in [2.05, 4.69) is 40.7 Å². The number of aryl methyl sites for hydroxylation is 2.